The number of halogens is 3. The number of rotatable bonds is 3. The fourth-order valence-corrected chi connectivity index (χ4v) is 3.86. The number of carbonyl (C=O) groups is 2. The van der Waals surface area contributed by atoms with E-state index in [2.05, 4.69) is 10.2 Å². The monoisotopic (exact) mass is 515 g/mol. The first-order valence-electron chi connectivity index (χ1n) is 7.66. The molecule has 1 atom stereocenters. The zero-order valence-electron chi connectivity index (χ0n) is 13.6. The first-order chi connectivity index (χ1) is 13.4. The Labute approximate surface area is 173 Å². The molecule has 28 heavy (non-hydrogen) atoms. The van der Waals surface area contributed by atoms with E-state index >= 15 is 0 Å². The molecule has 3 heterocycles. The minimum absolute atomic E-state index is 0.128. The lowest BCUT2D eigenvalue weighted by Gasteiger charge is -2.20. The van der Waals surface area contributed by atoms with E-state index in [0.717, 1.165) is 34.4 Å². The predicted molar refractivity (Wildman–Crippen MR) is 102 cm³/mol. The maximum absolute atomic E-state index is 13.6. The molecule has 0 radical (unpaired) electrons. The number of hydrogen-bond donors (Lipinski definition) is 1. The first kappa shape index (κ1) is 18.7. The number of amides is 1. The van der Waals surface area contributed by atoms with Crippen molar-refractivity contribution in [2.45, 2.75) is 6.04 Å². The quantitative estimate of drug-likeness (QED) is 0.248. The van der Waals surface area contributed by atoms with E-state index in [0.29, 0.717) is 3.77 Å². The molecule has 11 heteroatoms. The molecular formula is C17H8F2IN3O4S. The van der Waals surface area contributed by atoms with Crippen molar-refractivity contribution < 1.29 is 27.9 Å². The molecule has 1 aliphatic heterocycles. The Morgan fingerprint density at radius 3 is 2.61 bits per heavy atom. The van der Waals surface area contributed by atoms with Gasteiger partial charge in [-0.25, -0.2) is 8.78 Å². The molecule has 1 fully saturated rings. The van der Waals surface area contributed by atoms with E-state index in [1.807, 2.05) is 22.6 Å². The third-order valence-electron chi connectivity index (χ3n) is 4.06. The summed E-state index contributed by atoms with van der Waals surface area (Å²) in [5.41, 5.74) is 0.907. The van der Waals surface area contributed by atoms with Crippen molar-refractivity contribution in [3.63, 3.8) is 0 Å². The van der Waals surface area contributed by atoms with Crippen LogP contribution in [0.4, 0.5) is 13.9 Å². The average molecular weight is 515 g/mol. The van der Waals surface area contributed by atoms with E-state index in [1.54, 1.807) is 12.1 Å². The normalized spacial score (nSPS) is 18.8. The summed E-state index contributed by atoms with van der Waals surface area (Å²) in [5, 5.41) is 18.3. The zero-order valence-corrected chi connectivity index (χ0v) is 16.6. The van der Waals surface area contributed by atoms with Gasteiger partial charge in [-0.3, -0.25) is 14.5 Å². The molecule has 1 aliphatic rings. The predicted octanol–water partition coefficient (Wildman–Crippen LogP) is 3.64. The molecule has 7 nitrogen and oxygen atoms in total. The summed E-state index contributed by atoms with van der Waals surface area (Å²) >= 11 is 2.93. The summed E-state index contributed by atoms with van der Waals surface area (Å²) < 4.78 is 32.9. The van der Waals surface area contributed by atoms with Gasteiger partial charge in [0.2, 0.25) is 5.13 Å². The van der Waals surface area contributed by atoms with Crippen LogP contribution in [-0.2, 0) is 9.59 Å². The van der Waals surface area contributed by atoms with Gasteiger partial charge in [0, 0.05) is 5.56 Å². The summed E-state index contributed by atoms with van der Waals surface area (Å²) in [5.74, 6) is -4.72. The molecule has 142 valence electrons. The first-order valence-corrected chi connectivity index (χ1v) is 9.62. The number of Topliss-reactive ketones (excluding diaryl/α,β-unsaturated/α-hetero) is 1. The van der Waals surface area contributed by atoms with Crippen LogP contribution in [0.15, 0.2) is 45.8 Å². The van der Waals surface area contributed by atoms with Crippen molar-refractivity contribution in [1.82, 2.24) is 10.2 Å². The average Bonchev–Trinajstić information content (AvgIpc) is 3.38. The van der Waals surface area contributed by atoms with Gasteiger partial charge in [-0.2, -0.15) is 0 Å². The number of benzene rings is 1. The summed E-state index contributed by atoms with van der Waals surface area (Å²) in [6.07, 6.45) is 0. The van der Waals surface area contributed by atoms with Crippen LogP contribution in [0.3, 0.4) is 0 Å². The lowest BCUT2D eigenvalue weighted by atomic mass is 9.99. The molecule has 0 bridgehead atoms. The largest absolute Gasteiger partial charge is 0.507 e. The smallest absolute Gasteiger partial charge is 0.302 e. The molecule has 1 aromatic carbocycles. The van der Waals surface area contributed by atoms with Gasteiger partial charge in [-0.15, -0.1) is 10.2 Å². The van der Waals surface area contributed by atoms with E-state index in [-0.39, 0.29) is 22.0 Å². The Kier molecular flexibility index (Phi) is 4.71. The minimum Gasteiger partial charge on any atom is -0.507 e. The molecular weight excluding hydrogens is 507 g/mol. The van der Waals surface area contributed by atoms with Crippen LogP contribution >= 0.6 is 33.9 Å². The Hall–Kier alpha value is -2.67. The van der Waals surface area contributed by atoms with Crippen LogP contribution in [-0.4, -0.2) is 27.0 Å². The molecule has 1 saturated heterocycles. The summed E-state index contributed by atoms with van der Waals surface area (Å²) in [4.78, 5) is 26.4. The molecule has 0 aliphatic carbocycles. The fourth-order valence-electron chi connectivity index (χ4n) is 2.85. The van der Waals surface area contributed by atoms with Crippen LogP contribution in [0, 0.1) is 15.4 Å². The van der Waals surface area contributed by atoms with Crippen molar-refractivity contribution >= 4 is 56.5 Å². The number of aromatic nitrogens is 2. The van der Waals surface area contributed by atoms with Gasteiger partial charge in [0.15, 0.2) is 15.4 Å². The second kappa shape index (κ2) is 7.05. The van der Waals surface area contributed by atoms with Crippen LogP contribution in [0.2, 0.25) is 0 Å². The van der Waals surface area contributed by atoms with Crippen LogP contribution in [0.5, 0.6) is 0 Å². The number of carbonyl (C=O) groups excluding carboxylic acids is 2. The van der Waals surface area contributed by atoms with E-state index in [9.17, 15) is 23.5 Å². The lowest BCUT2D eigenvalue weighted by molar-refractivity contribution is -0.132. The zero-order chi connectivity index (χ0) is 20.0. The van der Waals surface area contributed by atoms with Gasteiger partial charge < -0.3 is 9.52 Å². The number of ketones is 1. The Morgan fingerprint density at radius 2 is 2.00 bits per heavy atom. The highest BCUT2D eigenvalue weighted by Crippen LogP contribution is 2.43. The van der Waals surface area contributed by atoms with Crippen molar-refractivity contribution in [2.75, 3.05) is 4.90 Å². The molecule has 1 N–H and O–H groups in total. The Morgan fingerprint density at radius 1 is 1.21 bits per heavy atom. The number of hydrogen-bond acceptors (Lipinski definition) is 7. The molecule has 3 aromatic rings. The summed E-state index contributed by atoms with van der Waals surface area (Å²) in [6, 6.07) is 4.69. The van der Waals surface area contributed by atoms with Crippen molar-refractivity contribution in [3.8, 4) is 0 Å². The second-order valence-corrected chi connectivity index (χ2v) is 7.54. The van der Waals surface area contributed by atoms with Crippen LogP contribution in [0.1, 0.15) is 17.4 Å². The Bertz CT molecular complexity index is 1130. The van der Waals surface area contributed by atoms with Crippen molar-refractivity contribution in [2.24, 2.45) is 0 Å². The number of nitrogens with zero attached hydrogens (tertiary/aromatic N) is 3. The maximum atomic E-state index is 13.6. The SMILES string of the molecule is O=C1C(=O)N(c2nncs2)C(c2ccc(I)o2)/C1=C(\O)c1ccc(F)c(F)c1. The molecule has 1 unspecified atom stereocenters. The highest BCUT2D eigenvalue weighted by molar-refractivity contribution is 14.1. The molecule has 4 rings (SSSR count). The van der Waals surface area contributed by atoms with Crippen molar-refractivity contribution in [3.05, 3.63) is 68.1 Å². The minimum atomic E-state index is -1.20. The van der Waals surface area contributed by atoms with Gasteiger partial charge >= 0.3 is 5.91 Å². The van der Waals surface area contributed by atoms with Crippen LogP contribution in [0.25, 0.3) is 5.76 Å². The third kappa shape index (κ3) is 2.99. The number of anilines is 1. The number of aliphatic hydroxyl groups excluding tert-OH is 1. The Balaban J connectivity index is 1.94. The highest BCUT2D eigenvalue weighted by atomic mass is 127. The van der Waals surface area contributed by atoms with E-state index in [1.165, 1.54) is 5.51 Å². The third-order valence-corrected chi connectivity index (χ3v) is 5.32. The molecule has 1 amide bonds. The second-order valence-electron chi connectivity index (χ2n) is 5.66. The maximum Gasteiger partial charge on any atom is 0.302 e. The van der Waals surface area contributed by atoms with Gasteiger partial charge in [0.1, 0.15) is 23.1 Å². The van der Waals surface area contributed by atoms with E-state index < -0.39 is 35.1 Å². The molecule has 2 aromatic heterocycles. The van der Waals surface area contributed by atoms with Gasteiger partial charge in [-0.05, 0) is 52.9 Å². The van der Waals surface area contributed by atoms with E-state index in [4.69, 9.17) is 4.42 Å². The van der Waals surface area contributed by atoms with Gasteiger partial charge in [0.25, 0.3) is 5.78 Å². The standard InChI is InChI=1S/C17H8F2IN3O4S/c18-8-2-1-7(5-9(8)19)14(24)12-13(10-3-4-11(20)27-10)23(16(26)15(12)25)17-22-21-6-28-17/h1-6,13,24H/b14-12+. The van der Waals surface area contributed by atoms with Gasteiger partial charge in [-0.1, -0.05) is 11.3 Å². The number of aliphatic hydroxyl groups is 1. The summed E-state index contributed by atoms with van der Waals surface area (Å²) in [6.45, 7) is 0. The lowest BCUT2D eigenvalue weighted by Crippen LogP contribution is -2.29. The van der Waals surface area contributed by atoms with Crippen LogP contribution < -0.4 is 4.90 Å². The molecule has 0 saturated carbocycles. The fraction of sp³-hybridized carbons (Fsp3) is 0.0588. The summed E-state index contributed by atoms with van der Waals surface area (Å²) in [7, 11) is 0. The van der Waals surface area contributed by atoms with Gasteiger partial charge in [0.05, 0.1) is 5.57 Å². The highest BCUT2D eigenvalue weighted by Gasteiger charge is 2.49. The topological polar surface area (TPSA) is 96.5 Å². The number of furan rings is 1. The van der Waals surface area contributed by atoms with Crippen molar-refractivity contribution in [1.29, 1.82) is 0 Å². The molecule has 0 spiro atoms.